The normalized spacial score (nSPS) is 21.3. The van der Waals surface area contributed by atoms with Crippen molar-refractivity contribution in [3.63, 3.8) is 0 Å². The second-order valence-electron chi connectivity index (χ2n) is 8.83. The molecule has 4 rings (SSSR count). The van der Waals surface area contributed by atoms with Gasteiger partial charge < -0.3 is 20.0 Å². The van der Waals surface area contributed by atoms with Crippen LogP contribution in [0.15, 0.2) is 30.6 Å². The van der Waals surface area contributed by atoms with Gasteiger partial charge in [-0.1, -0.05) is 19.9 Å². The zero-order valence-electron chi connectivity index (χ0n) is 19.4. The number of piperidine rings is 1. The summed E-state index contributed by atoms with van der Waals surface area (Å²) >= 11 is 0. The topological polar surface area (TPSA) is 61.0 Å². The van der Waals surface area contributed by atoms with Crippen molar-refractivity contribution < 1.29 is 13.6 Å². The molecule has 1 aromatic carbocycles. The van der Waals surface area contributed by atoms with Crippen LogP contribution >= 0.6 is 0 Å². The summed E-state index contributed by atoms with van der Waals surface area (Å²) in [5, 5.41) is 3.06. The Labute approximate surface area is 188 Å². The molecule has 2 aromatic heterocycles. The van der Waals surface area contributed by atoms with Gasteiger partial charge in [0.25, 0.3) is 0 Å². The highest BCUT2D eigenvalue weighted by atomic mass is 19.1. The van der Waals surface area contributed by atoms with Crippen LogP contribution in [0.2, 0.25) is 0 Å². The van der Waals surface area contributed by atoms with E-state index in [-0.39, 0.29) is 17.6 Å². The number of carbonyl (C=O) groups is 1. The van der Waals surface area contributed by atoms with Gasteiger partial charge in [0.15, 0.2) is 5.82 Å². The molecule has 0 radical (unpaired) electrons. The van der Waals surface area contributed by atoms with Gasteiger partial charge in [-0.2, -0.15) is 0 Å². The highest BCUT2D eigenvalue weighted by Gasteiger charge is 2.34. The second-order valence-corrected chi connectivity index (χ2v) is 8.83. The Bertz CT molecular complexity index is 1050. The number of hydrogen-bond acceptors (Lipinski definition) is 4. The molecule has 3 heterocycles. The number of nitrogens with zero attached hydrogens (tertiary/aromatic N) is 2. The van der Waals surface area contributed by atoms with Gasteiger partial charge in [0, 0.05) is 25.5 Å². The number of aromatic nitrogens is 2. The number of nitrogens with one attached hydrogen (secondary N) is 2. The SMILES string of the molecule is CNCC=O.Cc1cc(-c2ccnc3[nH]cc(F)c23)cc(F)c1C1[C@H](C)CN(C)C[C@@H]1C. The summed E-state index contributed by atoms with van der Waals surface area (Å²) in [7, 11) is 3.85. The Balaban J connectivity index is 0.000000523. The van der Waals surface area contributed by atoms with E-state index in [1.165, 1.54) is 6.20 Å². The average molecular weight is 443 g/mol. The third-order valence-electron chi connectivity index (χ3n) is 6.22. The highest BCUT2D eigenvalue weighted by molar-refractivity contribution is 5.93. The van der Waals surface area contributed by atoms with Crippen LogP contribution in [0, 0.1) is 30.4 Å². The van der Waals surface area contributed by atoms with Crippen LogP contribution in [0.25, 0.3) is 22.2 Å². The molecule has 32 heavy (non-hydrogen) atoms. The molecule has 1 unspecified atom stereocenters. The Hall–Kier alpha value is -2.64. The number of fused-ring (bicyclic) bond motifs is 1. The lowest BCUT2D eigenvalue weighted by Crippen LogP contribution is -2.41. The van der Waals surface area contributed by atoms with E-state index in [2.05, 4.69) is 41.1 Å². The molecule has 1 fully saturated rings. The van der Waals surface area contributed by atoms with Crippen LogP contribution in [0.5, 0.6) is 0 Å². The number of aldehydes is 1. The van der Waals surface area contributed by atoms with Crippen molar-refractivity contribution in [1.29, 1.82) is 0 Å². The van der Waals surface area contributed by atoms with E-state index >= 15 is 4.39 Å². The molecule has 7 heteroatoms. The van der Waals surface area contributed by atoms with E-state index in [1.807, 2.05) is 13.0 Å². The van der Waals surface area contributed by atoms with E-state index in [0.29, 0.717) is 40.5 Å². The summed E-state index contributed by atoms with van der Waals surface area (Å²) in [5.74, 6) is 0.392. The van der Waals surface area contributed by atoms with Gasteiger partial charge in [-0.3, -0.25) is 0 Å². The molecule has 1 aliphatic rings. The van der Waals surface area contributed by atoms with Crippen LogP contribution in [0.3, 0.4) is 0 Å². The predicted molar refractivity (Wildman–Crippen MR) is 125 cm³/mol. The molecular formula is C25H32F2N4O. The van der Waals surface area contributed by atoms with E-state index in [1.54, 1.807) is 25.4 Å². The third kappa shape index (κ3) is 4.89. The van der Waals surface area contributed by atoms with E-state index in [9.17, 15) is 9.18 Å². The van der Waals surface area contributed by atoms with Crippen molar-refractivity contribution in [3.05, 3.63) is 53.4 Å². The van der Waals surface area contributed by atoms with Crippen molar-refractivity contribution in [2.45, 2.75) is 26.7 Å². The van der Waals surface area contributed by atoms with Crippen molar-refractivity contribution in [3.8, 4) is 11.1 Å². The van der Waals surface area contributed by atoms with Crippen LogP contribution in [0.1, 0.15) is 30.9 Å². The minimum Gasteiger partial charge on any atom is -0.343 e. The fraction of sp³-hybridized carbons (Fsp3) is 0.440. The van der Waals surface area contributed by atoms with Crippen molar-refractivity contribution in [2.24, 2.45) is 11.8 Å². The van der Waals surface area contributed by atoms with Gasteiger partial charge in [0.05, 0.1) is 11.9 Å². The molecule has 0 bridgehead atoms. The maximum absolute atomic E-state index is 15.3. The first kappa shape index (κ1) is 24.0. The van der Waals surface area contributed by atoms with Crippen molar-refractivity contribution in [1.82, 2.24) is 20.2 Å². The molecule has 1 saturated heterocycles. The summed E-state index contributed by atoms with van der Waals surface area (Å²) in [6.07, 6.45) is 3.73. The number of pyridine rings is 1. The lowest BCUT2D eigenvalue weighted by molar-refractivity contribution is -0.107. The first-order valence-electron chi connectivity index (χ1n) is 11.0. The number of rotatable bonds is 4. The Morgan fingerprint density at radius 3 is 2.47 bits per heavy atom. The average Bonchev–Trinajstić information content (AvgIpc) is 3.11. The van der Waals surface area contributed by atoms with Crippen LogP contribution in [-0.4, -0.2) is 54.9 Å². The quantitative estimate of drug-likeness (QED) is 0.583. The van der Waals surface area contributed by atoms with E-state index in [4.69, 9.17) is 0 Å². The lowest BCUT2D eigenvalue weighted by atomic mass is 9.73. The first-order chi connectivity index (χ1) is 15.3. The van der Waals surface area contributed by atoms with Crippen LogP contribution in [-0.2, 0) is 4.79 Å². The number of benzene rings is 1. The lowest BCUT2D eigenvalue weighted by Gasteiger charge is -2.40. The zero-order chi connectivity index (χ0) is 23.4. The summed E-state index contributed by atoms with van der Waals surface area (Å²) in [6.45, 7) is 8.76. The number of aromatic amines is 1. The van der Waals surface area contributed by atoms with Gasteiger partial charge in [0.1, 0.15) is 17.8 Å². The molecular weight excluding hydrogens is 410 g/mol. The third-order valence-corrected chi connectivity index (χ3v) is 6.22. The van der Waals surface area contributed by atoms with Crippen molar-refractivity contribution in [2.75, 3.05) is 33.7 Å². The van der Waals surface area contributed by atoms with Gasteiger partial charge in [-0.15, -0.1) is 0 Å². The van der Waals surface area contributed by atoms with Gasteiger partial charge in [0.2, 0.25) is 0 Å². The molecule has 0 saturated carbocycles. The number of likely N-dealkylation sites (N-methyl/N-ethyl adjacent to an activating group) is 1. The molecule has 0 amide bonds. The molecule has 5 nitrogen and oxygen atoms in total. The number of H-pyrrole nitrogens is 1. The maximum atomic E-state index is 15.3. The smallest absolute Gasteiger partial charge is 0.150 e. The molecule has 3 aromatic rings. The van der Waals surface area contributed by atoms with Gasteiger partial charge in [-0.25, -0.2) is 13.8 Å². The van der Waals surface area contributed by atoms with Crippen molar-refractivity contribution >= 4 is 17.3 Å². The minimum atomic E-state index is -0.368. The summed E-state index contributed by atoms with van der Waals surface area (Å²) in [4.78, 5) is 18.6. The Morgan fingerprint density at radius 1 is 1.22 bits per heavy atom. The summed E-state index contributed by atoms with van der Waals surface area (Å²) in [6, 6.07) is 5.28. The first-order valence-corrected chi connectivity index (χ1v) is 11.0. The number of likely N-dealkylation sites (tertiary alicyclic amines) is 1. The number of halogens is 2. The molecule has 3 atom stereocenters. The predicted octanol–water partition coefficient (Wildman–Crippen LogP) is 4.52. The van der Waals surface area contributed by atoms with Gasteiger partial charge in [-0.05, 0) is 73.2 Å². The fourth-order valence-electron chi connectivity index (χ4n) is 5.09. The number of hydrogen-bond donors (Lipinski definition) is 2. The summed E-state index contributed by atoms with van der Waals surface area (Å²) < 4.78 is 29.6. The molecule has 0 aliphatic carbocycles. The molecule has 0 spiro atoms. The zero-order valence-corrected chi connectivity index (χ0v) is 19.4. The van der Waals surface area contributed by atoms with E-state index < -0.39 is 0 Å². The molecule has 1 aliphatic heterocycles. The largest absolute Gasteiger partial charge is 0.343 e. The summed E-state index contributed by atoms with van der Waals surface area (Å²) in [5.41, 5.74) is 3.57. The van der Waals surface area contributed by atoms with Gasteiger partial charge >= 0.3 is 0 Å². The minimum absolute atomic E-state index is 0.191. The standard InChI is InChI=1S/C22H25F2N3.C3H7NO/c1-12-7-15(16-5-6-25-22-21(16)18(24)9-26-22)8-17(23)20(12)19-13(2)10-27(4)11-14(19)3;1-4-2-3-5/h5-9,13-14,19H,10-11H2,1-4H3,(H,25,26);3-4H,2H2,1H3/t13-,14+,19?;. The molecule has 2 N–H and O–H groups in total. The van der Waals surface area contributed by atoms with Crippen LogP contribution in [0.4, 0.5) is 8.78 Å². The number of aryl methyl sites for hydroxylation is 1. The Kier molecular flexibility index (Phi) is 7.74. The van der Waals surface area contributed by atoms with E-state index in [0.717, 1.165) is 30.5 Å². The maximum Gasteiger partial charge on any atom is 0.150 e. The Morgan fingerprint density at radius 2 is 1.91 bits per heavy atom. The number of carbonyl (C=O) groups excluding carboxylic acids is 1. The fourth-order valence-corrected chi connectivity index (χ4v) is 5.09. The van der Waals surface area contributed by atoms with Crippen LogP contribution < -0.4 is 5.32 Å². The molecule has 172 valence electrons. The highest BCUT2D eigenvalue weighted by Crippen LogP contribution is 2.41. The monoisotopic (exact) mass is 442 g/mol. The second kappa shape index (κ2) is 10.3.